The van der Waals surface area contributed by atoms with Crippen molar-refractivity contribution in [1.29, 1.82) is 0 Å². The maximum Gasteiger partial charge on any atom is 0.318 e. The smallest absolute Gasteiger partial charge is 0.318 e. The Morgan fingerprint density at radius 3 is 2.64 bits per heavy atom. The Morgan fingerprint density at radius 2 is 2.07 bits per heavy atom. The van der Waals surface area contributed by atoms with Crippen molar-refractivity contribution in [2.24, 2.45) is 0 Å². The molecule has 80 valence electrons. The normalized spacial score (nSPS) is 16.6. The molecule has 0 aromatic carbocycles. The molecule has 2 N–H and O–H groups in total. The van der Waals surface area contributed by atoms with Crippen LogP contribution in [-0.4, -0.2) is 25.3 Å². The number of ether oxygens (including phenoxy) is 1. The van der Waals surface area contributed by atoms with Crippen molar-refractivity contribution in [2.75, 3.05) is 13.2 Å². The topological polar surface area (TPSA) is 50.4 Å². The van der Waals surface area contributed by atoms with E-state index in [4.69, 9.17) is 4.74 Å². The molecule has 14 heavy (non-hydrogen) atoms. The third-order valence-corrected chi connectivity index (χ3v) is 1.96. The Labute approximate surface area is 84.7 Å². The van der Waals surface area contributed by atoms with Crippen molar-refractivity contribution in [1.82, 2.24) is 10.6 Å². The molecule has 0 atom stereocenters. The van der Waals surface area contributed by atoms with Crippen LogP contribution >= 0.6 is 0 Å². The van der Waals surface area contributed by atoms with E-state index in [1.807, 2.05) is 13.8 Å². The van der Waals surface area contributed by atoms with Gasteiger partial charge in [-0.15, -0.1) is 0 Å². The fourth-order valence-electron chi connectivity index (χ4n) is 1.25. The highest BCUT2D eigenvalue weighted by Crippen LogP contribution is 2.11. The van der Waals surface area contributed by atoms with Gasteiger partial charge in [-0.2, -0.15) is 0 Å². The Bertz CT molecular complexity index is 216. The van der Waals surface area contributed by atoms with Crippen LogP contribution in [0.25, 0.3) is 0 Å². The van der Waals surface area contributed by atoms with E-state index in [1.165, 1.54) is 5.57 Å². The first-order valence-corrected chi connectivity index (χ1v) is 5.01. The largest absolute Gasteiger partial charge is 0.381 e. The van der Waals surface area contributed by atoms with E-state index in [1.54, 1.807) is 6.20 Å². The van der Waals surface area contributed by atoms with Crippen LogP contribution in [-0.2, 0) is 4.74 Å². The van der Waals surface area contributed by atoms with Gasteiger partial charge in [0.15, 0.2) is 0 Å². The number of rotatable bonds is 2. The lowest BCUT2D eigenvalue weighted by Crippen LogP contribution is -2.37. The molecule has 1 rings (SSSR count). The molecule has 0 aliphatic carbocycles. The lowest BCUT2D eigenvalue weighted by atomic mass is 10.1. The summed E-state index contributed by atoms with van der Waals surface area (Å²) in [5.74, 6) is 0. The maximum atomic E-state index is 11.2. The molecule has 0 saturated carbocycles. The van der Waals surface area contributed by atoms with Gasteiger partial charge in [0.2, 0.25) is 0 Å². The summed E-state index contributed by atoms with van der Waals surface area (Å²) in [5.41, 5.74) is 1.25. The van der Waals surface area contributed by atoms with Crippen LogP contribution in [0, 0.1) is 0 Å². The summed E-state index contributed by atoms with van der Waals surface area (Å²) in [7, 11) is 0. The molecule has 1 saturated heterocycles. The SMILES string of the molecule is CC(C)NC(=O)NC=C1CCOCC1. The summed E-state index contributed by atoms with van der Waals surface area (Å²) in [6.07, 6.45) is 3.63. The summed E-state index contributed by atoms with van der Waals surface area (Å²) in [5, 5.41) is 5.47. The predicted molar refractivity (Wildman–Crippen MR) is 54.9 cm³/mol. The Morgan fingerprint density at radius 1 is 1.43 bits per heavy atom. The van der Waals surface area contributed by atoms with E-state index in [-0.39, 0.29) is 12.1 Å². The van der Waals surface area contributed by atoms with E-state index in [2.05, 4.69) is 10.6 Å². The highest BCUT2D eigenvalue weighted by molar-refractivity contribution is 5.75. The van der Waals surface area contributed by atoms with Crippen LogP contribution in [0.15, 0.2) is 11.8 Å². The highest BCUT2D eigenvalue weighted by atomic mass is 16.5. The van der Waals surface area contributed by atoms with Gasteiger partial charge in [0, 0.05) is 12.2 Å². The van der Waals surface area contributed by atoms with Gasteiger partial charge in [0.05, 0.1) is 13.2 Å². The lowest BCUT2D eigenvalue weighted by Gasteiger charge is -2.15. The first-order valence-electron chi connectivity index (χ1n) is 5.01. The zero-order chi connectivity index (χ0) is 10.4. The van der Waals surface area contributed by atoms with Crippen LogP contribution in [0.2, 0.25) is 0 Å². The fourth-order valence-corrected chi connectivity index (χ4v) is 1.25. The minimum absolute atomic E-state index is 0.140. The van der Waals surface area contributed by atoms with Crippen molar-refractivity contribution < 1.29 is 9.53 Å². The molecule has 0 radical (unpaired) electrons. The second kappa shape index (κ2) is 5.65. The van der Waals surface area contributed by atoms with Crippen molar-refractivity contribution >= 4 is 6.03 Å². The van der Waals surface area contributed by atoms with E-state index < -0.39 is 0 Å². The first kappa shape index (κ1) is 11.0. The van der Waals surface area contributed by atoms with Gasteiger partial charge in [-0.3, -0.25) is 0 Å². The first-order chi connectivity index (χ1) is 6.68. The molecular weight excluding hydrogens is 180 g/mol. The molecule has 0 unspecified atom stereocenters. The van der Waals surface area contributed by atoms with Crippen molar-refractivity contribution in [3.63, 3.8) is 0 Å². The van der Waals surface area contributed by atoms with E-state index >= 15 is 0 Å². The minimum Gasteiger partial charge on any atom is -0.381 e. The predicted octanol–water partition coefficient (Wildman–Crippen LogP) is 1.39. The molecule has 0 bridgehead atoms. The summed E-state index contributed by atoms with van der Waals surface area (Å²) < 4.78 is 5.20. The molecular formula is C10H18N2O2. The van der Waals surface area contributed by atoms with Crippen molar-refractivity contribution in [3.8, 4) is 0 Å². The van der Waals surface area contributed by atoms with Gasteiger partial charge < -0.3 is 15.4 Å². The molecule has 4 heteroatoms. The minimum atomic E-state index is -0.140. The number of hydrogen-bond acceptors (Lipinski definition) is 2. The summed E-state index contributed by atoms with van der Waals surface area (Å²) >= 11 is 0. The number of urea groups is 1. The zero-order valence-electron chi connectivity index (χ0n) is 8.80. The van der Waals surface area contributed by atoms with E-state index in [0.717, 1.165) is 26.1 Å². The van der Waals surface area contributed by atoms with Gasteiger partial charge in [-0.25, -0.2) is 4.79 Å². The highest BCUT2D eigenvalue weighted by Gasteiger charge is 2.06. The lowest BCUT2D eigenvalue weighted by molar-refractivity contribution is 0.119. The molecule has 4 nitrogen and oxygen atoms in total. The quantitative estimate of drug-likeness (QED) is 0.704. The number of carbonyl (C=O) groups excluding carboxylic acids is 1. The van der Waals surface area contributed by atoms with Crippen LogP contribution in [0.1, 0.15) is 26.7 Å². The van der Waals surface area contributed by atoms with Gasteiger partial charge in [0.1, 0.15) is 0 Å². The van der Waals surface area contributed by atoms with E-state index in [0.29, 0.717) is 0 Å². The van der Waals surface area contributed by atoms with Gasteiger partial charge in [0.25, 0.3) is 0 Å². The number of amides is 2. The van der Waals surface area contributed by atoms with Crippen molar-refractivity contribution in [2.45, 2.75) is 32.7 Å². The average molecular weight is 198 g/mol. The molecule has 1 heterocycles. The molecule has 1 fully saturated rings. The third-order valence-electron chi connectivity index (χ3n) is 1.96. The summed E-state index contributed by atoms with van der Waals surface area (Å²) in [6, 6.07) is 0.0297. The molecule has 1 aliphatic heterocycles. The second-order valence-corrected chi connectivity index (χ2v) is 3.69. The summed E-state index contributed by atoms with van der Waals surface area (Å²) in [6.45, 7) is 5.39. The maximum absolute atomic E-state index is 11.2. The van der Waals surface area contributed by atoms with Gasteiger partial charge >= 0.3 is 6.03 Å². The van der Waals surface area contributed by atoms with Crippen LogP contribution in [0.5, 0.6) is 0 Å². The van der Waals surface area contributed by atoms with Crippen LogP contribution in [0.3, 0.4) is 0 Å². The fraction of sp³-hybridized carbons (Fsp3) is 0.700. The Kier molecular flexibility index (Phi) is 4.46. The zero-order valence-corrected chi connectivity index (χ0v) is 8.80. The van der Waals surface area contributed by atoms with E-state index in [9.17, 15) is 4.79 Å². The van der Waals surface area contributed by atoms with Crippen LogP contribution in [0.4, 0.5) is 4.79 Å². The van der Waals surface area contributed by atoms with Gasteiger partial charge in [-0.1, -0.05) is 0 Å². The standard InChI is InChI=1S/C10H18N2O2/c1-8(2)12-10(13)11-7-9-3-5-14-6-4-9/h7-8H,3-6H2,1-2H3,(H2,11,12,13). The Balaban J connectivity index is 2.26. The molecule has 0 aromatic heterocycles. The molecule has 2 amide bonds. The second-order valence-electron chi connectivity index (χ2n) is 3.69. The third kappa shape index (κ3) is 4.28. The summed E-state index contributed by atoms with van der Waals surface area (Å²) in [4.78, 5) is 11.2. The molecule has 0 spiro atoms. The monoisotopic (exact) mass is 198 g/mol. The number of nitrogens with one attached hydrogen (secondary N) is 2. The van der Waals surface area contributed by atoms with Crippen molar-refractivity contribution in [3.05, 3.63) is 11.8 Å². The van der Waals surface area contributed by atoms with Gasteiger partial charge in [-0.05, 0) is 32.3 Å². The average Bonchev–Trinajstić information content (AvgIpc) is 2.15. The number of hydrogen-bond donors (Lipinski definition) is 2. The number of carbonyl (C=O) groups is 1. The molecule has 0 aromatic rings. The van der Waals surface area contributed by atoms with Crippen LogP contribution < -0.4 is 10.6 Å². The Hall–Kier alpha value is -1.03. The molecule has 1 aliphatic rings.